The molecular formula is C12H14F2N2O. The van der Waals surface area contributed by atoms with Crippen molar-refractivity contribution in [2.45, 2.75) is 19.3 Å². The van der Waals surface area contributed by atoms with Crippen molar-refractivity contribution < 1.29 is 13.5 Å². The van der Waals surface area contributed by atoms with Gasteiger partial charge < -0.3 is 10.5 Å². The van der Waals surface area contributed by atoms with E-state index in [1.165, 1.54) is 12.8 Å². The predicted octanol–water partition coefficient (Wildman–Crippen LogP) is 2.43. The SMILES string of the molecule is N=C(N)c1cc(F)c(OCCC2CC2)c(F)c1. The van der Waals surface area contributed by atoms with Crippen LogP contribution in [0.15, 0.2) is 12.1 Å². The van der Waals surface area contributed by atoms with E-state index < -0.39 is 11.6 Å². The predicted molar refractivity (Wildman–Crippen MR) is 60.2 cm³/mol. The minimum Gasteiger partial charge on any atom is -0.488 e. The van der Waals surface area contributed by atoms with Gasteiger partial charge in [-0.15, -0.1) is 0 Å². The minimum atomic E-state index is -0.814. The zero-order chi connectivity index (χ0) is 12.4. The number of amidine groups is 1. The lowest BCUT2D eigenvalue weighted by Crippen LogP contribution is -2.12. The Morgan fingerprint density at radius 1 is 1.35 bits per heavy atom. The summed E-state index contributed by atoms with van der Waals surface area (Å²) in [5, 5.41) is 7.11. The summed E-state index contributed by atoms with van der Waals surface area (Å²) in [4.78, 5) is 0. The molecule has 2 rings (SSSR count). The second-order valence-corrected chi connectivity index (χ2v) is 4.26. The van der Waals surface area contributed by atoms with Crippen molar-refractivity contribution in [3.63, 3.8) is 0 Å². The molecule has 1 saturated carbocycles. The first kappa shape index (κ1) is 11.8. The van der Waals surface area contributed by atoms with Gasteiger partial charge in [0.1, 0.15) is 5.84 Å². The van der Waals surface area contributed by atoms with Crippen molar-refractivity contribution >= 4 is 5.84 Å². The number of nitrogen functional groups attached to an aromatic ring is 1. The fourth-order valence-corrected chi connectivity index (χ4v) is 1.59. The standard InChI is InChI=1S/C12H14F2N2O/c13-9-5-8(12(15)16)6-10(14)11(9)17-4-3-7-1-2-7/h5-7H,1-4H2,(H3,15,16). The molecule has 1 aromatic carbocycles. The molecular weight excluding hydrogens is 226 g/mol. The Hall–Kier alpha value is -1.65. The highest BCUT2D eigenvalue weighted by atomic mass is 19.1. The summed E-state index contributed by atoms with van der Waals surface area (Å²) < 4.78 is 32.1. The molecule has 0 aromatic heterocycles. The van der Waals surface area contributed by atoms with Crippen molar-refractivity contribution in [3.05, 3.63) is 29.3 Å². The first-order chi connectivity index (χ1) is 8.08. The van der Waals surface area contributed by atoms with E-state index in [1.807, 2.05) is 0 Å². The van der Waals surface area contributed by atoms with Crippen LogP contribution < -0.4 is 10.5 Å². The minimum absolute atomic E-state index is 0.0227. The molecule has 3 N–H and O–H groups in total. The lowest BCUT2D eigenvalue weighted by Gasteiger charge is -2.09. The third-order valence-corrected chi connectivity index (χ3v) is 2.78. The van der Waals surface area contributed by atoms with E-state index in [0.29, 0.717) is 12.5 Å². The Bertz CT molecular complexity index is 421. The molecule has 0 saturated heterocycles. The van der Waals surface area contributed by atoms with Gasteiger partial charge in [-0.25, -0.2) is 8.78 Å². The molecule has 1 fully saturated rings. The van der Waals surface area contributed by atoms with Crippen LogP contribution >= 0.6 is 0 Å². The summed E-state index contributed by atoms with van der Waals surface area (Å²) in [6, 6.07) is 2.02. The zero-order valence-corrected chi connectivity index (χ0v) is 9.30. The number of hydrogen-bond acceptors (Lipinski definition) is 2. The Morgan fingerprint density at radius 2 is 1.94 bits per heavy atom. The van der Waals surface area contributed by atoms with Gasteiger partial charge >= 0.3 is 0 Å². The maximum absolute atomic E-state index is 13.5. The summed E-state index contributed by atoms with van der Waals surface area (Å²) >= 11 is 0. The van der Waals surface area contributed by atoms with E-state index in [0.717, 1.165) is 18.6 Å². The van der Waals surface area contributed by atoms with Crippen molar-refractivity contribution in [2.24, 2.45) is 11.7 Å². The monoisotopic (exact) mass is 240 g/mol. The van der Waals surface area contributed by atoms with E-state index in [1.54, 1.807) is 0 Å². The van der Waals surface area contributed by atoms with Gasteiger partial charge in [-0.2, -0.15) is 0 Å². The van der Waals surface area contributed by atoms with Crippen LogP contribution in [0.25, 0.3) is 0 Å². The molecule has 0 radical (unpaired) electrons. The van der Waals surface area contributed by atoms with Crippen LogP contribution in [-0.4, -0.2) is 12.4 Å². The first-order valence-electron chi connectivity index (χ1n) is 5.54. The fourth-order valence-electron chi connectivity index (χ4n) is 1.59. The first-order valence-corrected chi connectivity index (χ1v) is 5.54. The number of benzene rings is 1. The van der Waals surface area contributed by atoms with Gasteiger partial charge in [0.15, 0.2) is 17.4 Å². The maximum Gasteiger partial charge on any atom is 0.190 e. The number of hydrogen-bond donors (Lipinski definition) is 2. The molecule has 0 heterocycles. The largest absolute Gasteiger partial charge is 0.488 e. The van der Waals surface area contributed by atoms with Gasteiger partial charge in [-0.1, -0.05) is 12.8 Å². The Balaban J connectivity index is 2.07. The molecule has 1 aliphatic rings. The summed E-state index contributed by atoms with van der Waals surface area (Å²) in [6.07, 6.45) is 3.18. The van der Waals surface area contributed by atoms with Crippen LogP contribution in [0.5, 0.6) is 5.75 Å². The molecule has 0 amide bonds. The Labute approximate surface area is 98.1 Å². The smallest absolute Gasteiger partial charge is 0.190 e. The van der Waals surface area contributed by atoms with Crippen LogP contribution in [0.1, 0.15) is 24.8 Å². The summed E-state index contributed by atoms with van der Waals surface area (Å²) in [7, 11) is 0. The Morgan fingerprint density at radius 3 is 2.41 bits per heavy atom. The van der Waals surface area contributed by atoms with Crippen LogP contribution in [0.4, 0.5) is 8.78 Å². The average Bonchev–Trinajstić information content (AvgIpc) is 3.05. The van der Waals surface area contributed by atoms with Gasteiger partial charge in [-0.05, 0) is 24.5 Å². The topological polar surface area (TPSA) is 59.1 Å². The summed E-state index contributed by atoms with van der Waals surface area (Å²) in [6.45, 7) is 0.317. The fraction of sp³-hybridized carbons (Fsp3) is 0.417. The molecule has 0 atom stereocenters. The second-order valence-electron chi connectivity index (χ2n) is 4.26. The summed E-state index contributed by atoms with van der Waals surface area (Å²) in [5.74, 6) is -1.72. The molecule has 1 aliphatic carbocycles. The lowest BCUT2D eigenvalue weighted by molar-refractivity contribution is 0.273. The van der Waals surface area contributed by atoms with E-state index >= 15 is 0 Å². The number of nitrogens with two attached hydrogens (primary N) is 1. The highest BCUT2D eigenvalue weighted by Gasteiger charge is 2.21. The number of ether oxygens (including phenoxy) is 1. The summed E-state index contributed by atoms with van der Waals surface area (Å²) in [5.41, 5.74) is 5.18. The molecule has 92 valence electrons. The molecule has 17 heavy (non-hydrogen) atoms. The molecule has 1 aromatic rings. The van der Waals surface area contributed by atoms with Gasteiger partial charge in [0.05, 0.1) is 6.61 Å². The van der Waals surface area contributed by atoms with Gasteiger partial charge in [0.2, 0.25) is 0 Å². The highest BCUT2D eigenvalue weighted by Crippen LogP contribution is 2.32. The Kier molecular flexibility index (Phi) is 3.26. The lowest BCUT2D eigenvalue weighted by atomic mass is 10.2. The van der Waals surface area contributed by atoms with E-state index in [2.05, 4.69) is 0 Å². The molecule has 5 heteroatoms. The third-order valence-electron chi connectivity index (χ3n) is 2.78. The van der Waals surface area contributed by atoms with Crippen LogP contribution in [0, 0.1) is 23.0 Å². The number of nitrogens with one attached hydrogen (secondary N) is 1. The number of rotatable bonds is 5. The van der Waals surface area contributed by atoms with Crippen LogP contribution in [-0.2, 0) is 0 Å². The van der Waals surface area contributed by atoms with E-state index in [4.69, 9.17) is 15.9 Å². The van der Waals surface area contributed by atoms with Gasteiger partial charge in [0.25, 0.3) is 0 Å². The quantitative estimate of drug-likeness (QED) is 0.613. The van der Waals surface area contributed by atoms with Crippen LogP contribution in [0.3, 0.4) is 0 Å². The van der Waals surface area contributed by atoms with Crippen molar-refractivity contribution in [1.29, 1.82) is 5.41 Å². The van der Waals surface area contributed by atoms with Gasteiger partial charge in [-0.3, -0.25) is 5.41 Å². The van der Waals surface area contributed by atoms with Crippen LogP contribution in [0.2, 0.25) is 0 Å². The normalized spacial score (nSPS) is 14.7. The second kappa shape index (κ2) is 4.69. The average molecular weight is 240 g/mol. The number of halogens is 2. The zero-order valence-electron chi connectivity index (χ0n) is 9.30. The molecule has 3 nitrogen and oxygen atoms in total. The highest BCUT2D eigenvalue weighted by molar-refractivity contribution is 5.95. The van der Waals surface area contributed by atoms with Crippen molar-refractivity contribution in [1.82, 2.24) is 0 Å². The molecule has 0 unspecified atom stereocenters. The van der Waals surface area contributed by atoms with Gasteiger partial charge in [0, 0.05) is 5.56 Å². The molecule has 0 aliphatic heterocycles. The third kappa shape index (κ3) is 2.93. The molecule has 0 spiro atoms. The van der Waals surface area contributed by atoms with Crippen molar-refractivity contribution in [3.8, 4) is 5.75 Å². The van der Waals surface area contributed by atoms with E-state index in [9.17, 15) is 8.78 Å². The van der Waals surface area contributed by atoms with Crippen molar-refractivity contribution in [2.75, 3.05) is 6.61 Å². The molecule has 0 bridgehead atoms. The maximum atomic E-state index is 13.5. The van der Waals surface area contributed by atoms with E-state index in [-0.39, 0.29) is 17.1 Å².